The van der Waals surface area contributed by atoms with Crippen molar-refractivity contribution in [3.63, 3.8) is 0 Å². The molecule has 0 aromatic carbocycles. The number of aryl methyl sites for hydroxylation is 1. The smallest absolute Gasteiger partial charge is 0.255 e. The average molecular weight is 323 g/mol. The summed E-state index contributed by atoms with van der Waals surface area (Å²) in [6, 6.07) is 0. The molecule has 8 heteroatoms. The molecule has 0 spiro atoms. The summed E-state index contributed by atoms with van der Waals surface area (Å²) in [6.45, 7) is 2.24. The maximum atomic E-state index is 12.5. The summed E-state index contributed by atoms with van der Waals surface area (Å²) in [6.07, 6.45) is 9.36. The fraction of sp³-hybridized carbons (Fsp3) is 0.312. The second-order valence-electron chi connectivity index (χ2n) is 5.95. The highest BCUT2D eigenvalue weighted by Gasteiger charge is 2.22. The van der Waals surface area contributed by atoms with Crippen LogP contribution in [0.15, 0.2) is 35.9 Å². The molecule has 0 saturated heterocycles. The molecule has 24 heavy (non-hydrogen) atoms. The van der Waals surface area contributed by atoms with Gasteiger partial charge in [-0.25, -0.2) is 15.0 Å². The molecule has 0 atom stereocenters. The first-order valence-corrected chi connectivity index (χ1v) is 7.76. The second-order valence-corrected chi connectivity index (χ2v) is 5.95. The van der Waals surface area contributed by atoms with Crippen molar-refractivity contribution < 1.29 is 0 Å². The summed E-state index contributed by atoms with van der Waals surface area (Å²) in [7, 11) is 1.90. The Morgan fingerprint density at radius 2 is 2.08 bits per heavy atom. The van der Waals surface area contributed by atoms with Crippen molar-refractivity contribution in [2.24, 2.45) is 7.05 Å². The molecule has 1 aliphatic heterocycles. The van der Waals surface area contributed by atoms with Crippen LogP contribution in [0.4, 0.5) is 0 Å². The van der Waals surface area contributed by atoms with E-state index >= 15 is 0 Å². The Labute approximate surface area is 138 Å². The molecule has 4 rings (SSSR count). The summed E-state index contributed by atoms with van der Waals surface area (Å²) < 4.78 is 1.79. The van der Waals surface area contributed by atoms with Gasteiger partial charge in [0.25, 0.3) is 5.56 Å². The Morgan fingerprint density at radius 1 is 1.25 bits per heavy atom. The molecule has 0 aliphatic carbocycles. The van der Waals surface area contributed by atoms with Gasteiger partial charge in [0.2, 0.25) is 0 Å². The van der Waals surface area contributed by atoms with Crippen LogP contribution in [0.3, 0.4) is 0 Å². The molecule has 0 fully saturated rings. The van der Waals surface area contributed by atoms with E-state index in [-0.39, 0.29) is 5.56 Å². The van der Waals surface area contributed by atoms with Gasteiger partial charge < -0.3 is 4.98 Å². The second kappa shape index (κ2) is 5.97. The van der Waals surface area contributed by atoms with E-state index in [0.717, 1.165) is 41.9 Å². The largest absolute Gasteiger partial charge is 0.306 e. The van der Waals surface area contributed by atoms with Gasteiger partial charge in [0.05, 0.1) is 23.0 Å². The molecule has 0 unspecified atom stereocenters. The van der Waals surface area contributed by atoms with Gasteiger partial charge in [-0.3, -0.25) is 14.4 Å². The number of hydrogen-bond donors (Lipinski definition) is 1. The van der Waals surface area contributed by atoms with Crippen molar-refractivity contribution in [1.82, 2.24) is 34.6 Å². The van der Waals surface area contributed by atoms with Crippen LogP contribution in [-0.2, 0) is 26.6 Å². The van der Waals surface area contributed by atoms with Crippen LogP contribution in [0.1, 0.15) is 16.8 Å². The third-order valence-corrected chi connectivity index (χ3v) is 4.15. The molecule has 3 aromatic rings. The monoisotopic (exact) mass is 323 g/mol. The van der Waals surface area contributed by atoms with E-state index in [2.05, 4.69) is 29.9 Å². The van der Waals surface area contributed by atoms with Gasteiger partial charge in [0.15, 0.2) is 0 Å². The summed E-state index contributed by atoms with van der Waals surface area (Å²) >= 11 is 0. The van der Waals surface area contributed by atoms with Crippen molar-refractivity contribution >= 4 is 0 Å². The Morgan fingerprint density at radius 3 is 2.83 bits per heavy atom. The van der Waals surface area contributed by atoms with Crippen LogP contribution < -0.4 is 5.56 Å². The third kappa shape index (κ3) is 2.83. The maximum absolute atomic E-state index is 12.5. The third-order valence-electron chi connectivity index (χ3n) is 4.15. The van der Waals surface area contributed by atoms with Crippen molar-refractivity contribution in [3.8, 4) is 11.4 Å². The van der Waals surface area contributed by atoms with Crippen molar-refractivity contribution in [2.75, 3.05) is 6.54 Å². The lowest BCUT2D eigenvalue weighted by molar-refractivity contribution is 0.242. The molecule has 3 aromatic heterocycles. The minimum Gasteiger partial charge on any atom is -0.306 e. The van der Waals surface area contributed by atoms with Gasteiger partial charge in [-0.15, -0.1) is 0 Å². The zero-order valence-corrected chi connectivity index (χ0v) is 13.3. The minimum absolute atomic E-state index is 0.0882. The first kappa shape index (κ1) is 14.7. The highest BCUT2D eigenvalue weighted by Crippen LogP contribution is 2.19. The molecule has 4 heterocycles. The first-order chi connectivity index (χ1) is 11.7. The lowest BCUT2D eigenvalue weighted by Gasteiger charge is -2.27. The quantitative estimate of drug-likeness (QED) is 0.755. The summed E-state index contributed by atoms with van der Waals surface area (Å²) in [5, 5.41) is 4.19. The van der Waals surface area contributed by atoms with Gasteiger partial charge in [-0.1, -0.05) is 0 Å². The van der Waals surface area contributed by atoms with Crippen LogP contribution in [-0.4, -0.2) is 41.2 Å². The van der Waals surface area contributed by atoms with Gasteiger partial charge in [0.1, 0.15) is 12.2 Å². The number of nitrogens with zero attached hydrogens (tertiary/aromatic N) is 6. The highest BCUT2D eigenvalue weighted by molar-refractivity contribution is 5.52. The predicted octanol–water partition coefficient (Wildman–Crippen LogP) is 0.519. The molecular weight excluding hydrogens is 306 g/mol. The molecule has 0 amide bonds. The molecule has 0 saturated carbocycles. The standard InChI is InChI=1S/C16H17N7O/c1-22-7-11(4-19-22)8-23-3-2-14-13(9-23)16(24)21-15(20-14)12-5-17-10-18-6-12/h4-7,10H,2-3,8-9H2,1H3,(H,20,21,24). The minimum atomic E-state index is -0.0882. The van der Waals surface area contributed by atoms with Crippen molar-refractivity contribution in [2.45, 2.75) is 19.5 Å². The summed E-state index contributed by atoms with van der Waals surface area (Å²) in [5.41, 5.74) is 3.37. The van der Waals surface area contributed by atoms with Crippen LogP contribution in [0.25, 0.3) is 11.4 Å². The van der Waals surface area contributed by atoms with Gasteiger partial charge in [-0.05, 0) is 0 Å². The summed E-state index contributed by atoms with van der Waals surface area (Å²) in [4.78, 5) is 30.1. The van der Waals surface area contributed by atoms with Crippen LogP contribution >= 0.6 is 0 Å². The normalized spacial score (nSPS) is 14.5. The Kier molecular flexibility index (Phi) is 3.66. The first-order valence-electron chi connectivity index (χ1n) is 7.76. The number of rotatable bonds is 3. The van der Waals surface area contributed by atoms with Crippen molar-refractivity contribution in [3.05, 3.63) is 58.3 Å². The molecule has 1 aliphatic rings. The zero-order chi connectivity index (χ0) is 16.5. The molecule has 0 bridgehead atoms. The van der Waals surface area contributed by atoms with Gasteiger partial charge >= 0.3 is 0 Å². The summed E-state index contributed by atoms with van der Waals surface area (Å²) in [5.74, 6) is 0.528. The van der Waals surface area contributed by atoms with E-state index in [0.29, 0.717) is 12.4 Å². The van der Waals surface area contributed by atoms with E-state index in [1.165, 1.54) is 6.33 Å². The molecule has 8 nitrogen and oxygen atoms in total. The van der Waals surface area contributed by atoms with Gasteiger partial charge in [0, 0.05) is 57.3 Å². The van der Waals surface area contributed by atoms with Crippen LogP contribution in [0, 0.1) is 0 Å². The fourth-order valence-corrected chi connectivity index (χ4v) is 2.99. The topological polar surface area (TPSA) is 92.6 Å². The number of H-pyrrole nitrogens is 1. The number of fused-ring (bicyclic) bond motifs is 1. The Bertz CT molecular complexity index is 916. The maximum Gasteiger partial charge on any atom is 0.255 e. The van der Waals surface area contributed by atoms with E-state index in [1.54, 1.807) is 17.1 Å². The van der Waals surface area contributed by atoms with E-state index in [9.17, 15) is 4.79 Å². The van der Waals surface area contributed by atoms with Crippen LogP contribution in [0.2, 0.25) is 0 Å². The average Bonchev–Trinajstić information content (AvgIpc) is 3.01. The molecule has 1 N–H and O–H groups in total. The van der Waals surface area contributed by atoms with E-state index in [1.807, 2.05) is 19.4 Å². The SMILES string of the molecule is Cn1cc(CN2CCc3nc(-c4cncnc4)[nH]c(=O)c3C2)cn1. The lowest BCUT2D eigenvalue weighted by Crippen LogP contribution is -2.35. The molecular formula is C16H17N7O. The van der Waals surface area contributed by atoms with Crippen molar-refractivity contribution in [1.29, 1.82) is 0 Å². The number of aromatic amines is 1. The predicted molar refractivity (Wildman–Crippen MR) is 86.9 cm³/mol. The number of hydrogen-bond acceptors (Lipinski definition) is 6. The lowest BCUT2D eigenvalue weighted by atomic mass is 10.1. The van der Waals surface area contributed by atoms with E-state index < -0.39 is 0 Å². The fourth-order valence-electron chi connectivity index (χ4n) is 2.99. The number of nitrogens with one attached hydrogen (secondary N) is 1. The van der Waals surface area contributed by atoms with Gasteiger partial charge in [-0.2, -0.15) is 5.10 Å². The highest BCUT2D eigenvalue weighted by atomic mass is 16.1. The molecule has 122 valence electrons. The number of aromatic nitrogens is 6. The van der Waals surface area contributed by atoms with Crippen LogP contribution in [0.5, 0.6) is 0 Å². The van der Waals surface area contributed by atoms with E-state index in [4.69, 9.17) is 0 Å². The zero-order valence-electron chi connectivity index (χ0n) is 13.3. The molecule has 0 radical (unpaired) electrons. The Balaban J connectivity index is 1.59. The Hall–Kier alpha value is -2.87.